The average Bonchev–Trinajstić information content (AvgIpc) is 3.06. The molecule has 1 heterocycles. The van der Waals surface area contributed by atoms with E-state index in [9.17, 15) is 22.4 Å². The Morgan fingerprint density at radius 2 is 1.79 bits per heavy atom. The van der Waals surface area contributed by atoms with E-state index in [1.54, 1.807) is 12.1 Å². The molecular formula is C20H15F4N3O. The summed E-state index contributed by atoms with van der Waals surface area (Å²) in [6.45, 7) is 0. The van der Waals surface area contributed by atoms with Crippen LogP contribution in [0.5, 0.6) is 0 Å². The molecule has 0 saturated carbocycles. The first-order valence-electron chi connectivity index (χ1n) is 8.20. The SMILES string of the molecule is Cn1cc(C(=O)Nc2ccccc2/C(F)=C/c2ccc(F)cc2)c(C(F)F)n1. The van der Waals surface area contributed by atoms with Gasteiger partial charge >= 0.3 is 0 Å². The Balaban J connectivity index is 1.90. The predicted octanol–water partition coefficient (Wildman–Crippen LogP) is 5.22. The number of anilines is 1. The minimum atomic E-state index is -2.92. The van der Waals surface area contributed by atoms with E-state index < -0.39 is 29.7 Å². The van der Waals surface area contributed by atoms with Crippen LogP contribution in [0.2, 0.25) is 0 Å². The molecule has 1 amide bonds. The molecule has 1 aromatic heterocycles. The summed E-state index contributed by atoms with van der Waals surface area (Å²) >= 11 is 0. The second kappa shape index (κ2) is 8.08. The zero-order valence-corrected chi connectivity index (χ0v) is 14.7. The number of benzene rings is 2. The van der Waals surface area contributed by atoms with E-state index in [1.165, 1.54) is 55.7 Å². The molecule has 144 valence electrons. The fraction of sp³-hybridized carbons (Fsp3) is 0.100. The highest BCUT2D eigenvalue weighted by Gasteiger charge is 2.23. The van der Waals surface area contributed by atoms with Crippen molar-refractivity contribution in [2.75, 3.05) is 5.32 Å². The van der Waals surface area contributed by atoms with Crippen LogP contribution in [-0.4, -0.2) is 15.7 Å². The first-order valence-corrected chi connectivity index (χ1v) is 8.20. The maximum Gasteiger partial charge on any atom is 0.282 e. The lowest BCUT2D eigenvalue weighted by Crippen LogP contribution is -2.14. The van der Waals surface area contributed by atoms with E-state index in [1.807, 2.05) is 0 Å². The number of carbonyl (C=O) groups excluding carboxylic acids is 1. The number of hydrogen-bond acceptors (Lipinski definition) is 2. The molecule has 0 spiro atoms. The minimum absolute atomic E-state index is 0.0580. The van der Waals surface area contributed by atoms with E-state index in [0.29, 0.717) is 5.56 Å². The zero-order valence-electron chi connectivity index (χ0n) is 14.7. The molecule has 4 nitrogen and oxygen atoms in total. The van der Waals surface area contributed by atoms with Crippen molar-refractivity contribution in [3.63, 3.8) is 0 Å². The summed E-state index contributed by atoms with van der Waals surface area (Å²) in [5.41, 5.74) is -0.364. The lowest BCUT2D eigenvalue weighted by Gasteiger charge is -2.10. The third-order valence-corrected chi connectivity index (χ3v) is 3.90. The van der Waals surface area contributed by atoms with Crippen LogP contribution in [0.1, 0.15) is 33.6 Å². The largest absolute Gasteiger partial charge is 0.321 e. The molecule has 8 heteroatoms. The number of aromatic nitrogens is 2. The number of nitrogens with one attached hydrogen (secondary N) is 1. The molecule has 0 aliphatic carbocycles. The van der Waals surface area contributed by atoms with Gasteiger partial charge in [0.25, 0.3) is 12.3 Å². The van der Waals surface area contributed by atoms with E-state index in [0.717, 1.165) is 4.68 Å². The minimum Gasteiger partial charge on any atom is -0.321 e. The summed E-state index contributed by atoms with van der Waals surface area (Å²) in [6, 6.07) is 11.2. The number of aryl methyl sites for hydroxylation is 1. The molecule has 0 bridgehead atoms. The Kier molecular flexibility index (Phi) is 5.58. The summed E-state index contributed by atoms with van der Waals surface area (Å²) in [5.74, 6) is -1.95. The fourth-order valence-corrected chi connectivity index (χ4v) is 2.61. The molecular weight excluding hydrogens is 374 g/mol. The van der Waals surface area contributed by atoms with Crippen LogP contribution < -0.4 is 5.32 Å². The van der Waals surface area contributed by atoms with Gasteiger partial charge in [-0.25, -0.2) is 17.6 Å². The molecule has 3 aromatic rings. The van der Waals surface area contributed by atoms with Crippen LogP contribution in [0, 0.1) is 5.82 Å². The van der Waals surface area contributed by atoms with Crippen LogP contribution in [-0.2, 0) is 7.05 Å². The highest BCUT2D eigenvalue weighted by atomic mass is 19.3. The van der Waals surface area contributed by atoms with E-state index in [-0.39, 0.29) is 16.8 Å². The van der Waals surface area contributed by atoms with Crippen LogP contribution in [0.25, 0.3) is 11.9 Å². The van der Waals surface area contributed by atoms with Crippen molar-refractivity contribution >= 4 is 23.5 Å². The Labute approximate surface area is 158 Å². The fourth-order valence-electron chi connectivity index (χ4n) is 2.61. The number of rotatable bonds is 5. The van der Waals surface area contributed by atoms with Gasteiger partial charge < -0.3 is 5.32 Å². The summed E-state index contributed by atoms with van der Waals surface area (Å²) in [4.78, 5) is 12.4. The van der Waals surface area contributed by atoms with Gasteiger partial charge in [-0.2, -0.15) is 5.10 Å². The van der Waals surface area contributed by atoms with E-state index in [4.69, 9.17) is 0 Å². The third-order valence-electron chi connectivity index (χ3n) is 3.90. The van der Waals surface area contributed by atoms with Crippen LogP contribution in [0.3, 0.4) is 0 Å². The van der Waals surface area contributed by atoms with Crippen molar-refractivity contribution in [3.05, 3.63) is 82.9 Å². The molecule has 1 N–H and O–H groups in total. The number of nitrogens with zero attached hydrogens (tertiary/aromatic N) is 2. The van der Waals surface area contributed by atoms with Gasteiger partial charge in [0.2, 0.25) is 0 Å². The van der Waals surface area contributed by atoms with Gasteiger partial charge in [0.05, 0.1) is 11.3 Å². The van der Waals surface area contributed by atoms with Crippen molar-refractivity contribution in [2.24, 2.45) is 7.05 Å². The molecule has 0 atom stereocenters. The maximum atomic E-state index is 14.7. The van der Waals surface area contributed by atoms with Crippen LogP contribution >= 0.6 is 0 Å². The Morgan fingerprint density at radius 3 is 2.46 bits per heavy atom. The lowest BCUT2D eigenvalue weighted by molar-refractivity contribution is 0.101. The van der Waals surface area contributed by atoms with Gasteiger partial charge in [0.1, 0.15) is 17.3 Å². The Morgan fingerprint density at radius 1 is 1.11 bits per heavy atom. The number of hydrogen-bond donors (Lipinski definition) is 1. The Bertz CT molecular complexity index is 1030. The smallest absolute Gasteiger partial charge is 0.282 e. The molecule has 0 fully saturated rings. The third kappa shape index (κ3) is 4.28. The second-order valence-corrected chi connectivity index (χ2v) is 5.95. The maximum absolute atomic E-state index is 14.7. The summed E-state index contributed by atoms with van der Waals surface area (Å²) in [7, 11) is 1.42. The monoisotopic (exact) mass is 389 g/mol. The zero-order chi connectivity index (χ0) is 20.3. The van der Waals surface area contributed by atoms with Crippen LogP contribution in [0.4, 0.5) is 23.2 Å². The standard InChI is InChI=1S/C20H15F4N3O/c1-27-11-15(18(26-27)19(23)24)20(28)25-17-5-3-2-4-14(17)16(22)10-12-6-8-13(21)9-7-12/h2-11,19H,1H3,(H,25,28)/b16-10-. The number of carbonyl (C=O) groups is 1. The molecule has 0 aliphatic heterocycles. The van der Waals surface area contributed by atoms with E-state index >= 15 is 0 Å². The second-order valence-electron chi connectivity index (χ2n) is 5.95. The number of amides is 1. The predicted molar refractivity (Wildman–Crippen MR) is 97.9 cm³/mol. The van der Waals surface area contributed by atoms with Gasteiger partial charge in [-0.05, 0) is 35.9 Å². The Hall–Kier alpha value is -3.42. The molecule has 0 aliphatic rings. The number of para-hydroxylation sites is 1. The van der Waals surface area contributed by atoms with Crippen molar-refractivity contribution in [1.29, 1.82) is 0 Å². The highest BCUT2D eigenvalue weighted by Crippen LogP contribution is 2.28. The van der Waals surface area contributed by atoms with Crippen molar-refractivity contribution < 1.29 is 22.4 Å². The molecule has 28 heavy (non-hydrogen) atoms. The molecule has 0 unspecified atom stereocenters. The quantitative estimate of drug-likeness (QED) is 0.481. The van der Waals surface area contributed by atoms with Crippen LogP contribution in [0.15, 0.2) is 54.7 Å². The van der Waals surface area contributed by atoms with Gasteiger partial charge in [0.15, 0.2) is 0 Å². The van der Waals surface area contributed by atoms with E-state index in [2.05, 4.69) is 10.4 Å². The summed E-state index contributed by atoms with van der Waals surface area (Å²) in [6.07, 6.45) is -0.573. The topological polar surface area (TPSA) is 46.9 Å². The summed E-state index contributed by atoms with van der Waals surface area (Å²) < 4.78 is 55.0. The number of alkyl halides is 2. The molecule has 0 radical (unpaired) electrons. The summed E-state index contributed by atoms with van der Waals surface area (Å²) in [5, 5.41) is 6.03. The van der Waals surface area contributed by atoms with Gasteiger partial charge in [-0.1, -0.05) is 24.3 Å². The average molecular weight is 389 g/mol. The lowest BCUT2D eigenvalue weighted by atomic mass is 10.1. The molecule has 0 saturated heterocycles. The van der Waals surface area contributed by atoms with Gasteiger partial charge in [-0.15, -0.1) is 0 Å². The highest BCUT2D eigenvalue weighted by molar-refractivity contribution is 6.06. The number of halogens is 4. The molecule has 3 rings (SSSR count). The van der Waals surface area contributed by atoms with Crippen molar-refractivity contribution in [3.8, 4) is 0 Å². The van der Waals surface area contributed by atoms with Crippen molar-refractivity contribution in [2.45, 2.75) is 6.43 Å². The first kappa shape index (κ1) is 19.3. The van der Waals surface area contributed by atoms with Gasteiger partial charge in [0, 0.05) is 18.8 Å². The first-order chi connectivity index (χ1) is 13.3. The normalized spacial score (nSPS) is 11.7. The van der Waals surface area contributed by atoms with Gasteiger partial charge in [-0.3, -0.25) is 9.48 Å². The molecule has 2 aromatic carbocycles. The van der Waals surface area contributed by atoms with Crippen molar-refractivity contribution in [1.82, 2.24) is 9.78 Å².